The first-order valence-corrected chi connectivity index (χ1v) is 7.09. The molecule has 1 aromatic heterocycles. The molecule has 1 heterocycles. The molecule has 18 heavy (non-hydrogen) atoms. The number of nitrogens with one attached hydrogen (secondary N) is 1. The predicted molar refractivity (Wildman–Crippen MR) is 74.1 cm³/mol. The van der Waals surface area contributed by atoms with Crippen LogP contribution in [0.1, 0.15) is 50.6 Å². The van der Waals surface area contributed by atoms with E-state index in [1.165, 1.54) is 32.1 Å². The quantitative estimate of drug-likeness (QED) is 0.831. The van der Waals surface area contributed by atoms with Crippen molar-refractivity contribution >= 4 is 0 Å². The van der Waals surface area contributed by atoms with E-state index in [9.17, 15) is 0 Å². The highest BCUT2D eigenvalue weighted by molar-refractivity contribution is 5.31. The highest BCUT2D eigenvalue weighted by Crippen LogP contribution is 2.35. The smallest absolute Gasteiger partial charge is 0.140 e. The fourth-order valence-electron chi connectivity index (χ4n) is 3.00. The zero-order valence-electron chi connectivity index (χ0n) is 11.5. The van der Waals surface area contributed by atoms with E-state index >= 15 is 0 Å². The van der Waals surface area contributed by atoms with E-state index < -0.39 is 0 Å². The summed E-state index contributed by atoms with van der Waals surface area (Å²) in [5.41, 5.74) is 1.13. The summed E-state index contributed by atoms with van der Waals surface area (Å²) in [5.74, 6) is 1.43. The molecule has 1 fully saturated rings. The Morgan fingerprint density at radius 1 is 1.33 bits per heavy atom. The maximum atomic E-state index is 5.48. The van der Waals surface area contributed by atoms with Crippen LogP contribution in [-0.4, -0.2) is 24.7 Å². The standard InChI is InChI=1S/C15H24N2O/c1-3-16-13-9-6-4-5-8-12(13)15-14(18-2)10-7-11-17-15/h7,10-13,16H,3-6,8-9H2,1-2H3. The molecular weight excluding hydrogens is 224 g/mol. The van der Waals surface area contributed by atoms with Crippen molar-refractivity contribution in [3.63, 3.8) is 0 Å². The lowest BCUT2D eigenvalue weighted by molar-refractivity contribution is 0.372. The largest absolute Gasteiger partial charge is 0.495 e. The first kappa shape index (κ1) is 13.3. The summed E-state index contributed by atoms with van der Waals surface area (Å²) in [6.45, 7) is 3.20. The van der Waals surface area contributed by atoms with Crippen molar-refractivity contribution in [1.82, 2.24) is 10.3 Å². The van der Waals surface area contributed by atoms with Crippen molar-refractivity contribution in [3.8, 4) is 5.75 Å². The highest BCUT2D eigenvalue weighted by Gasteiger charge is 2.27. The second-order valence-electron chi connectivity index (χ2n) is 5.00. The molecular formula is C15H24N2O. The molecule has 1 aromatic rings. The number of ether oxygens (including phenoxy) is 1. The molecule has 0 bridgehead atoms. The number of likely N-dealkylation sites (N-methyl/N-ethyl adjacent to an activating group) is 1. The van der Waals surface area contributed by atoms with Crippen molar-refractivity contribution in [2.24, 2.45) is 0 Å². The third kappa shape index (κ3) is 3.02. The Labute approximate surface area is 110 Å². The minimum absolute atomic E-state index is 0.489. The van der Waals surface area contributed by atoms with Gasteiger partial charge in [0, 0.05) is 18.2 Å². The van der Waals surface area contributed by atoms with Gasteiger partial charge in [-0.25, -0.2) is 0 Å². The summed E-state index contributed by atoms with van der Waals surface area (Å²) in [4.78, 5) is 4.58. The number of aromatic nitrogens is 1. The molecule has 1 saturated carbocycles. The van der Waals surface area contributed by atoms with Crippen LogP contribution >= 0.6 is 0 Å². The number of rotatable bonds is 4. The maximum absolute atomic E-state index is 5.48. The van der Waals surface area contributed by atoms with E-state index in [1.54, 1.807) is 7.11 Å². The fourth-order valence-corrected chi connectivity index (χ4v) is 3.00. The summed E-state index contributed by atoms with van der Waals surface area (Å²) < 4.78 is 5.48. The molecule has 0 aliphatic heterocycles. The van der Waals surface area contributed by atoms with Crippen molar-refractivity contribution < 1.29 is 4.74 Å². The number of pyridine rings is 1. The Kier molecular flexibility index (Phi) is 5.00. The molecule has 0 spiro atoms. The first-order chi connectivity index (χ1) is 8.86. The summed E-state index contributed by atoms with van der Waals surface area (Å²) >= 11 is 0. The van der Waals surface area contributed by atoms with Crippen LogP contribution in [0, 0.1) is 0 Å². The van der Waals surface area contributed by atoms with Gasteiger partial charge in [0.05, 0.1) is 12.8 Å². The molecule has 0 amide bonds. The van der Waals surface area contributed by atoms with Gasteiger partial charge in [-0.2, -0.15) is 0 Å². The van der Waals surface area contributed by atoms with Crippen LogP contribution in [0.2, 0.25) is 0 Å². The van der Waals surface area contributed by atoms with Crippen molar-refractivity contribution in [2.75, 3.05) is 13.7 Å². The lowest BCUT2D eigenvalue weighted by atomic mass is 9.90. The molecule has 2 unspecified atom stereocenters. The molecule has 2 rings (SSSR count). The van der Waals surface area contributed by atoms with Crippen molar-refractivity contribution in [3.05, 3.63) is 24.0 Å². The van der Waals surface area contributed by atoms with Gasteiger partial charge in [0.1, 0.15) is 5.75 Å². The predicted octanol–water partition coefficient (Wildman–Crippen LogP) is 3.12. The third-order valence-electron chi connectivity index (χ3n) is 3.85. The molecule has 3 nitrogen and oxygen atoms in total. The van der Waals surface area contributed by atoms with Crippen LogP contribution < -0.4 is 10.1 Å². The van der Waals surface area contributed by atoms with Gasteiger partial charge in [-0.15, -0.1) is 0 Å². The number of hydrogen-bond acceptors (Lipinski definition) is 3. The summed E-state index contributed by atoms with van der Waals surface area (Å²) in [6.07, 6.45) is 8.30. The Morgan fingerprint density at radius 3 is 2.94 bits per heavy atom. The Balaban J connectivity index is 2.25. The van der Waals surface area contributed by atoms with Gasteiger partial charge in [0.2, 0.25) is 0 Å². The van der Waals surface area contributed by atoms with E-state index in [0.717, 1.165) is 18.0 Å². The van der Waals surface area contributed by atoms with Gasteiger partial charge < -0.3 is 10.1 Å². The normalized spacial score (nSPS) is 24.6. The van der Waals surface area contributed by atoms with Gasteiger partial charge in [-0.05, 0) is 31.5 Å². The Hall–Kier alpha value is -1.09. The second kappa shape index (κ2) is 6.74. The minimum atomic E-state index is 0.489. The lowest BCUT2D eigenvalue weighted by Gasteiger charge is -2.26. The second-order valence-corrected chi connectivity index (χ2v) is 5.00. The zero-order valence-corrected chi connectivity index (χ0v) is 11.5. The number of hydrogen-bond donors (Lipinski definition) is 1. The molecule has 100 valence electrons. The minimum Gasteiger partial charge on any atom is -0.495 e. The summed E-state index contributed by atoms with van der Waals surface area (Å²) in [5, 5.41) is 3.63. The fraction of sp³-hybridized carbons (Fsp3) is 0.667. The molecule has 0 aromatic carbocycles. The SMILES string of the molecule is CCNC1CCCCCC1c1ncccc1OC. The Morgan fingerprint density at radius 2 is 2.17 bits per heavy atom. The zero-order chi connectivity index (χ0) is 12.8. The van der Waals surface area contributed by atoms with Crippen LogP contribution in [0.4, 0.5) is 0 Å². The summed E-state index contributed by atoms with van der Waals surface area (Å²) in [6, 6.07) is 4.51. The van der Waals surface area contributed by atoms with Crippen LogP contribution in [0.3, 0.4) is 0 Å². The average molecular weight is 248 g/mol. The molecule has 0 saturated heterocycles. The molecule has 2 atom stereocenters. The summed E-state index contributed by atoms with van der Waals surface area (Å²) in [7, 11) is 1.74. The van der Waals surface area contributed by atoms with E-state index in [0.29, 0.717) is 12.0 Å². The monoisotopic (exact) mass is 248 g/mol. The average Bonchev–Trinajstić information content (AvgIpc) is 2.65. The van der Waals surface area contributed by atoms with E-state index in [2.05, 4.69) is 17.2 Å². The molecule has 1 aliphatic carbocycles. The molecule has 1 N–H and O–H groups in total. The van der Waals surface area contributed by atoms with Gasteiger partial charge in [-0.1, -0.05) is 26.2 Å². The number of nitrogens with zero attached hydrogens (tertiary/aromatic N) is 1. The topological polar surface area (TPSA) is 34.2 Å². The van der Waals surface area contributed by atoms with Gasteiger partial charge in [0.25, 0.3) is 0 Å². The number of methoxy groups -OCH3 is 1. The van der Waals surface area contributed by atoms with Crippen LogP contribution in [0.25, 0.3) is 0 Å². The van der Waals surface area contributed by atoms with Crippen LogP contribution in [0.15, 0.2) is 18.3 Å². The molecule has 0 radical (unpaired) electrons. The van der Waals surface area contributed by atoms with E-state index in [-0.39, 0.29) is 0 Å². The van der Waals surface area contributed by atoms with E-state index in [4.69, 9.17) is 4.74 Å². The van der Waals surface area contributed by atoms with Crippen molar-refractivity contribution in [1.29, 1.82) is 0 Å². The van der Waals surface area contributed by atoms with Gasteiger partial charge >= 0.3 is 0 Å². The molecule has 1 aliphatic rings. The van der Waals surface area contributed by atoms with Crippen LogP contribution in [-0.2, 0) is 0 Å². The van der Waals surface area contributed by atoms with Crippen molar-refractivity contribution in [2.45, 2.75) is 51.0 Å². The Bertz CT molecular complexity index is 367. The van der Waals surface area contributed by atoms with Gasteiger partial charge in [-0.3, -0.25) is 4.98 Å². The van der Waals surface area contributed by atoms with Crippen LogP contribution in [0.5, 0.6) is 5.75 Å². The molecule has 3 heteroatoms. The lowest BCUT2D eigenvalue weighted by Crippen LogP contribution is -2.34. The van der Waals surface area contributed by atoms with E-state index in [1.807, 2.05) is 18.3 Å². The third-order valence-corrected chi connectivity index (χ3v) is 3.85. The highest BCUT2D eigenvalue weighted by atomic mass is 16.5. The first-order valence-electron chi connectivity index (χ1n) is 7.09. The maximum Gasteiger partial charge on any atom is 0.140 e. The van der Waals surface area contributed by atoms with Gasteiger partial charge in [0.15, 0.2) is 0 Å².